The van der Waals surface area contributed by atoms with Gasteiger partial charge < -0.3 is 9.47 Å². The van der Waals surface area contributed by atoms with Crippen LogP contribution in [0.15, 0.2) is 76.5 Å². The lowest BCUT2D eigenvalue weighted by atomic mass is 10.1. The zero-order valence-corrected chi connectivity index (χ0v) is 18.6. The molecule has 0 heterocycles. The average molecular weight is 454 g/mol. The molecular weight excluding hydrogens is 434 g/mol. The van der Waals surface area contributed by atoms with Gasteiger partial charge in [-0.1, -0.05) is 59.6 Å². The summed E-state index contributed by atoms with van der Waals surface area (Å²) in [7, 11) is -2.51. The van der Waals surface area contributed by atoms with E-state index in [1.165, 1.54) is 25.3 Å². The third-order valence-electron chi connectivity index (χ3n) is 4.58. The van der Waals surface area contributed by atoms with Gasteiger partial charge in [0, 0.05) is 16.1 Å². The highest BCUT2D eigenvalue weighted by atomic mass is 35.5. The molecule has 3 aromatic carbocycles. The number of rotatable bonds is 7. The van der Waals surface area contributed by atoms with E-state index >= 15 is 0 Å². The molecule has 0 atom stereocenters. The number of hydrogen-bond donors (Lipinski definition) is 0. The Hall–Kier alpha value is -3.27. The monoisotopic (exact) mass is 453 g/mol. The minimum Gasteiger partial charge on any atom is -0.493 e. The van der Waals surface area contributed by atoms with E-state index < -0.39 is 14.7 Å². The third kappa shape index (κ3) is 5.08. The Kier molecular flexibility index (Phi) is 7.01. The second-order valence-corrected chi connectivity index (χ2v) is 9.02. The van der Waals surface area contributed by atoms with Crippen LogP contribution in [0.4, 0.5) is 0 Å². The molecule has 0 aliphatic carbocycles. The Balaban J connectivity index is 2.03. The van der Waals surface area contributed by atoms with Gasteiger partial charge in [0.1, 0.15) is 17.6 Å². The number of sulfone groups is 1. The quantitative estimate of drug-likeness (QED) is 0.437. The summed E-state index contributed by atoms with van der Waals surface area (Å²) >= 11 is 6.20. The summed E-state index contributed by atoms with van der Waals surface area (Å²) in [4.78, 5) is -0.348. The Bertz CT molecular complexity index is 1260. The number of para-hydroxylation sites is 1. The molecular formula is C24H20ClNO4S. The molecule has 0 saturated carbocycles. The van der Waals surface area contributed by atoms with Gasteiger partial charge in [0.15, 0.2) is 11.5 Å². The maximum atomic E-state index is 13.0. The number of hydrogen-bond acceptors (Lipinski definition) is 5. The number of halogens is 1. The number of allylic oxidation sites excluding steroid dienone is 1. The van der Waals surface area contributed by atoms with Crippen molar-refractivity contribution in [2.75, 3.05) is 7.11 Å². The number of ether oxygens (including phenoxy) is 2. The number of nitrogens with zero attached hydrogens (tertiary/aromatic N) is 1. The smallest absolute Gasteiger partial charge is 0.216 e. The number of nitriles is 1. The van der Waals surface area contributed by atoms with Crippen LogP contribution in [0.1, 0.15) is 16.7 Å². The molecule has 0 aromatic heterocycles. The van der Waals surface area contributed by atoms with E-state index in [0.717, 1.165) is 11.1 Å². The second kappa shape index (κ2) is 9.69. The predicted octanol–water partition coefficient (Wildman–Crippen LogP) is 5.57. The van der Waals surface area contributed by atoms with Crippen molar-refractivity contribution in [1.29, 1.82) is 5.26 Å². The lowest BCUT2D eigenvalue weighted by Crippen LogP contribution is -2.04. The van der Waals surface area contributed by atoms with Crippen molar-refractivity contribution in [3.63, 3.8) is 0 Å². The molecule has 5 nitrogen and oxygen atoms in total. The molecule has 0 fully saturated rings. The van der Waals surface area contributed by atoms with Crippen LogP contribution in [-0.4, -0.2) is 15.5 Å². The summed E-state index contributed by atoms with van der Waals surface area (Å²) in [6.07, 6.45) is 1.29. The van der Waals surface area contributed by atoms with E-state index in [4.69, 9.17) is 21.1 Å². The van der Waals surface area contributed by atoms with E-state index in [1.54, 1.807) is 36.4 Å². The third-order valence-corrected chi connectivity index (χ3v) is 6.63. The highest BCUT2D eigenvalue weighted by molar-refractivity contribution is 7.95. The topological polar surface area (TPSA) is 76.4 Å². The van der Waals surface area contributed by atoms with E-state index in [2.05, 4.69) is 0 Å². The molecule has 0 aliphatic rings. The van der Waals surface area contributed by atoms with Gasteiger partial charge in [-0.05, 0) is 37.3 Å². The molecule has 3 rings (SSSR count). The Morgan fingerprint density at radius 1 is 1.06 bits per heavy atom. The molecule has 0 saturated heterocycles. The minimum absolute atomic E-state index is 0.0485. The summed E-state index contributed by atoms with van der Waals surface area (Å²) in [5.41, 5.74) is 2.08. The maximum absolute atomic E-state index is 13.0. The summed E-state index contributed by atoms with van der Waals surface area (Å²) in [6.45, 7) is 2.00. The lowest BCUT2D eigenvalue weighted by molar-refractivity contribution is 0.284. The zero-order chi connectivity index (χ0) is 22.4. The van der Waals surface area contributed by atoms with Crippen LogP contribution in [0.3, 0.4) is 0 Å². The Morgan fingerprint density at radius 2 is 1.77 bits per heavy atom. The minimum atomic E-state index is -3.99. The fourth-order valence-electron chi connectivity index (χ4n) is 2.88. The average Bonchev–Trinajstić information content (AvgIpc) is 2.77. The first-order valence-corrected chi connectivity index (χ1v) is 11.2. The summed E-state index contributed by atoms with van der Waals surface area (Å²) in [6, 6.07) is 20.4. The first-order valence-electron chi connectivity index (χ1n) is 9.33. The van der Waals surface area contributed by atoms with Gasteiger partial charge >= 0.3 is 0 Å². The Morgan fingerprint density at radius 3 is 2.42 bits per heavy atom. The van der Waals surface area contributed by atoms with Crippen LogP contribution in [-0.2, 0) is 16.4 Å². The molecule has 0 N–H and O–H groups in total. The zero-order valence-electron chi connectivity index (χ0n) is 17.0. The van der Waals surface area contributed by atoms with Crippen LogP contribution < -0.4 is 9.47 Å². The summed E-state index contributed by atoms with van der Waals surface area (Å²) in [5, 5.41) is 10.2. The van der Waals surface area contributed by atoms with Gasteiger partial charge in [-0.3, -0.25) is 0 Å². The molecule has 31 heavy (non-hydrogen) atoms. The first kappa shape index (κ1) is 22.4. The standard InChI is InChI=1S/C24H20ClNO4S/c1-17-10-12-20(13-11-17)31(27,28)21(15-26)14-18-7-5-9-23(29-2)24(18)30-16-19-6-3-4-8-22(19)25/h3-14H,16H2,1-2H3. The van der Waals surface area contributed by atoms with E-state index in [0.29, 0.717) is 22.1 Å². The summed E-state index contributed by atoms with van der Waals surface area (Å²) in [5.74, 6) is 0.725. The molecule has 0 amide bonds. The van der Waals surface area contributed by atoms with Crippen molar-refractivity contribution in [3.05, 3.63) is 93.3 Å². The van der Waals surface area contributed by atoms with Crippen LogP contribution >= 0.6 is 11.6 Å². The molecule has 3 aromatic rings. The molecule has 0 bridgehead atoms. The summed E-state index contributed by atoms with van der Waals surface area (Å²) < 4.78 is 37.3. The lowest BCUT2D eigenvalue weighted by Gasteiger charge is -2.14. The normalized spacial score (nSPS) is 11.6. The number of methoxy groups -OCH3 is 1. The second-order valence-electron chi connectivity index (χ2n) is 6.70. The van der Waals surface area contributed by atoms with Crippen molar-refractivity contribution >= 4 is 27.5 Å². The van der Waals surface area contributed by atoms with Crippen LogP contribution in [0.5, 0.6) is 11.5 Å². The van der Waals surface area contributed by atoms with Crippen molar-refractivity contribution in [2.24, 2.45) is 0 Å². The fourth-order valence-corrected chi connectivity index (χ4v) is 4.22. The van der Waals surface area contributed by atoms with Crippen molar-refractivity contribution in [2.45, 2.75) is 18.4 Å². The molecule has 0 aliphatic heterocycles. The van der Waals surface area contributed by atoms with Crippen LogP contribution in [0, 0.1) is 18.3 Å². The van der Waals surface area contributed by atoms with E-state index in [-0.39, 0.29) is 11.5 Å². The highest BCUT2D eigenvalue weighted by Gasteiger charge is 2.22. The molecule has 0 unspecified atom stereocenters. The van der Waals surface area contributed by atoms with Gasteiger partial charge in [0.25, 0.3) is 0 Å². The molecule has 0 spiro atoms. The number of benzene rings is 3. The SMILES string of the molecule is COc1cccc(C=C(C#N)S(=O)(=O)c2ccc(C)cc2)c1OCc1ccccc1Cl. The van der Waals surface area contributed by atoms with Gasteiger partial charge in [-0.25, -0.2) is 8.42 Å². The van der Waals surface area contributed by atoms with Gasteiger partial charge in [0.2, 0.25) is 9.84 Å². The van der Waals surface area contributed by atoms with Crippen molar-refractivity contribution < 1.29 is 17.9 Å². The maximum Gasteiger partial charge on any atom is 0.216 e. The van der Waals surface area contributed by atoms with Gasteiger partial charge in [-0.15, -0.1) is 0 Å². The van der Waals surface area contributed by atoms with Crippen LogP contribution in [0.25, 0.3) is 6.08 Å². The largest absolute Gasteiger partial charge is 0.493 e. The van der Waals surface area contributed by atoms with E-state index in [9.17, 15) is 13.7 Å². The molecule has 7 heteroatoms. The number of aryl methyl sites for hydroxylation is 1. The van der Waals surface area contributed by atoms with E-state index in [1.807, 2.05) is 31.2 Å². The van der Waals surface area contributed by atoms with Crippen molar-refractivity contribution in [3.8, 4) is 17.6 Å². The predicted molar refractivity (Wildman–Crippen MR) is 121 cm³/mol. The van der Waals surface area contributed by atoms with Gasteiger partial charge in [0.05, 0.1) is 12.0 Å². The highest BCUT2D eigenvalue weighted by Crippen LogP contribution is 2.35. The molecule has 0 radical (unpaired) electrons. The molecule has 158 valence electrons. The van der Waals surface area contributed by atoms with Crippen molar-refractivity contribution in [1.82, 2.24) is 0 Å². The Labute approximate surface area is 187 Å². The van der Waals surface area contributed by atoms with Crippen LogP contribution in [0.2, 0.25) is 5.02 Å². The van der Waals surface area contributed by atoms with Gasteiger partial charge in [-0.2, -0.15) is 5.26 Å². The first-order chi connectivity index (χ1) is 14.9. The fraction of sp³-hybridized carbons (Fsp3) is 0.125.